The molecular weight excluding hydrogens is 194 g/mol. The van der Waals surface area contributed by atoms with Gasteiger partial charge in [-0.2, -0.15) is 4.98 Å². The maximum absolute atomic E-state index is 11.0. The smallest absolute Gasteiger partial charge is 0.364 e. The van der Waals surface area contributed by atoms with E-state index in [1.807, 2.05) is 0 Å². The van der Waals surface area contributed by atoms with Crippen LogP contribution in [0.25, 0.3) is 0 Å². The Labute approximate surface area is 79.4 Å². The highest BCUT2D eigenvalue weighted by atomic mass is 32.1. The molecule has 1 N–H and O–H groups in total. The molecule has 0 bridgehead atoms. The summed E-state index contributed by atoms with van der Waals surface area (Å²) < 4.78 is 4.58. The molecular formula is C6H7N3O3S. The van der Waals surface area contributed by atoms with Crippen molar-refractivity contribution in [3.05, 3.63) is 5.69 Å². The summed E-state index contributed by atoms with van der Waals surface area (Å²) in [6.07, 6.45) is 0. The maximum Gasteiger partial charge on any atom is 0.364 e. The molecule has 0 spiro atoms. The van der Waals surface area contributed by atoms with Gasteiger partial charge in [-0.15, -0.1) is 22.8 Å². The Kier molecular flexibility index (Phi) is 3.02. The second kappa shape index (κ2) is 4.04. The minimum Gasteiger partial charge on any atom is -0.491 e. The molecule has 7 heteroatoms. The van der Waals surface area contributed by atoms with Gasteiger partial charge < -0.3 is 9.84 Å². The van der Waals surface area contributed by atoms with Gasteiger partial charge in [0.2, 0.25) is 16.7 Å². The minimum atomic E-state index is -0.756. The molecule has 0 aliphatic rings. The zero-order chi connectivity index (χ0) is 9.84. The van der Waals surface area contributed by atoms with Crippen LogP contribution in [0.15, 0.2) is 5.16 Å². The predicted octanol–water partition coefficient (Wildman–Crippen LogP) is 0.0426. The first-order valence-corrected chi connectivity index (χ1v) is 3.89. The predicted molar refractivity (Wildman–Crippen MR) is 44.7 cm³/mol. The summed E-state index contributed by atoms with van der Waals surface area (Å²) in [6, 6.07) is 0. The van der Waals surface area contributed by atoms with Crippen LogP contribution in [0.2, 0.25) is 0 Å². The lowest BCUT2D eigenvalue weighted by Crippen LogP contribution is -2.09. The van der Waals surface area contributed by atoms with Crippen molar-refractivity contribution in [2.24, 2.45) is 0 Å². The van der Waals surface area contributed by atoms with Crippen molar-refractivity contribution in [1.29, 1.82) is 0 Å². The third-order valence-corrected chi connectivity index (χ3v) is 1.32. The number of ether oxygens (including phenoxy) is 1. The number of carbonyl (C=O) groups is 1. The Bertz CT molecular complexity index is 331. The Hall–Kier alpha value is -1.37. The van der Waals surface area contributed by atoms with Gasteiger partial charge in [0.1, 0.15) is 0 Å². The summed E-state index contributed by atoms with van der Waals surface area (Å²) >= 11 is 3.73. The first kappa shape index (κ1) is 9.72. The monoisotopic (exact) mass is 201 g/mol. The number of nitrogens with zero attached hydrogens (tertiary/aromatic N) is 3. The first-order chi connectivity index (χ1) is 6.15. The molecule has 0 aliphatic heterocycles. The molecule has 1 heterocycles. The molecule has 1 rings (SSSR count). The van der Waals surface area contributed by atoms with Gasteiger partial charge in [0.05, 0.1) is 6.61 Å². The molecule has 0 saturated heterocycles. The first-order valence-electron chi connectivity index (χ1n) is 3.45. The molecule has 0 aliphatic carbocycles. The van der Waals surface area contributed by atoms with Crippen molar-refractivity contribution >= 4 is 18.6 Å². The fourth-order valence-corrected chi connectivity index (χ4v) is 0.780. The van der Waals surface area contributed by atoms with Crippen molar-refractivity contribution in [1.82, 2.24) is 15.2 Å². The van der Waals surface area contributed by atoms with E-state index in [1.54, 1.807) is 6.92 Å². The normalized spacial score (nSPS) is 9.69. The van der Waals surface area contributed by atoms with E-state index in [4.69, 9.17) is 5.11 Å². The topological polar surface area (TPSA) is 85.2 Å². The molecule has 0 aromatic carbocycles. The quantitative estimate of drug-likeness (QED) is 0.519. The summed E-state index contributed by atoms with van der Waals surface area (Å²) in [6.45, 7) is 1.84. The molecule has 0 saturated carbocycles. The Morgan fingerprint density at radius 3 is 2.85 bits per heavy atom. The molecule has 70 valence electrons. The molecule has 0 unspecified atom stereocenters. The molecule has 0 amide bonds. The third kappa shape index (κ3) is 2.28. The lowest BCUT2D eigenvalue weighted by Gasteiger charge is -2.00. The van der Waals surface area contributed by atoms with E-state index in [2.05, 4.69) is 32.5 Å². The fraction of sp³-hybridized carbons (Fsp3) is 0.333. The minimum absolute atomic E-state index is 0.00875. The van der Waals surface area contributed by atoms with Crippen LogP contribution in [0.1, 0.15) is 17.4 Å². The lowest BCUT2D eigenvalue weighted by molar-refractivity contribution is 0.0512. The standard InChI is InChI=1S/C6H7N3O3S/c1-2-12-5(11)3-4(10)7-6(13)9-8-3/h2H2,1H3,(H2,7,9,10,13). The Balaban J connectivity index is 2.95. The van der Waals surface area contributed by atoms with Gasteiger partial charge in [0, 0.05) is 0 Å². The Morgan fingerprint density at radius 1 is 1.62 bits per heavy atom. The van der Waals surface area contributed by atoms with Crippen LogP contribution in [0.4, 0.5) is 0 Å². The number of hydrogen-bond acceptors (Lipinski definition) is 7. The van der Waals surface area contributed by atoms with Crippen molar-refractivity contribution in [2.75, 3.05) is 6.61 Å². The summed E-state index contributed by atoms with van der Waals surface area (Å²) in [5.41, 5.74) is -0.306. The highest BCUT2D eigenvalue weighted by Gasteiger charge is 2.16. The number of hydrogen-bond donors (Lipinski definition) is 2. The number of aromatic hydroxyl groups is 1. The molecule has 0 fully saturated rings. The maximum atomic E-state index is 11.0. The SMILES string of the molecule is CCOC(=O)c1nnc(S)nc1O. The fourth-order valence-electron chi connectivity index (χ4n) is 0.641. The van der Waals surface area contributed by atoms with Crippen molar-refractivity contribution in [2.45, 2.75) is 12.1 Å². The van der Waals surface area contributed by atoms with Crippen molar-refractivity contribution in [3.63, 3.8) is 0 Å². The highest BCUT2D eigenvalue weighted by molar-refractivity contribution is 7.80. The number of carbonyl (C=O) groups excluding carboxylic acids is 1. The zero-order valence-electron chi connectivity index (χ0n) is 6.76. The number of esters is 1. The van der Waals surface area contributed by atoms with Gasteiger partial charge in [-0.05, 0) is 6.92 Å². The summed E-state index contributed by atoms with van der Waals surface area (Å²) in [5, 5.41) is 15.9. The van der Waals surface area contributed by atoms with Crippen molar-refractivity contribution in [3.8, 4) is 5.88 Å². The van der Waals surface area contributed by atoms with Crippen LogP contribution < -0.4 is 0 Å². The van der Waals surface area contributed by atoms with E-state index in [1.165, 1.54) is 0 Å². The van der Waals surface area contributed by atoms with E-state index in [-0.39, 0.29) is 17.5 Å². The van der Waals surface area contributed by atoms with Crippen molar-refractivity contribution < 1.29 is 14.6 Å². The average Bonchev–Trinajstić information content (AvgIpc) is 2.04. The molecule has 13 heavy (non-hydrogen) atoms. The van der Waals surface area contributed by atoms with Crippen LogP contribution in [0.3, 0.4) is 0 Å². The molecule has 0 radical (unpaired) electrons. The van der Waals surface area contributed by atoms with Crippen LogP contribution in [0, 0.1) is 0 Å². The van der Waals surface area contributed by atoms with Gasteiger partial charge in [0.25, 0.3) is 0 Å². The van der Waals surface area contributed by atoms with E-state index >= 15 is 0 Å². The summed E-state index contributed by atoms with van der Waals surface area (Å²) in [7, 11) is 0. The molecule has 1 aromatic heterocycles. The largest absolute Gasteiger partial charge is 0.491 e. The number of rotatable bonds is 2. The van der Waals surface area contributed by atoms with Crippen LogP contribution in [-0.4, -0.2) is 32.9 Å². The van der Waals surface area contributed by atoms with E-state index < -0.39 is 11.8 Å². The van der Waals surface area contributed by atoms with E-state index in [0.29, 0.717) is 0 Å². The van der Waals surface area contributed by atoms with Gasteiger partial charge in [-0.1, -0.05) is 0 Å². The second-order valence-electron chi connectivity index (χ2n) is 2.00. The summed E-state index contributed by atoms with van der Waals surface area (Å²) in [4.78, 5) is 14.4. The van der Waals surface area contributed by atoms with Crippen LogP contribution >= 0.6 is 12.6 Å². The number of aromatic nitrogens is 3. The number of thiol groups is 1. The van der Waals surface area contributed by atoms with Gasteiger partial charge in [-0.3, -0.25) is 0 Å². The molecule has 1 aromatic rings. The van der Waals surface area contributed by atoms with Gasteiger partial charge in [0.15, 0.2) is 0 Å². The van der Waals surface area contributed by atoms with Gasteiger partial charge in [-0.25, -0.2) is 4.79 Å². The molecule has 0 atom stereocenters. The average molecular weight is 201 g/mol. The summed E-state index contributed by atoms with van der Waals surface area (Å²) in [5.74, 6) is -1.29. The molecule has 6 nitrogen and oxygen atoms in total. The third-order valence-electron chi connectivity index (χ3n) is 1.13. The second-order valence-corrected chi connectivity index (χ2v) is 2.40. The Morgan fingerprint density at radius 2 is 2.31 bits per heavy atom. The van der Waals surface area contributed by atoms with Gasteiger partial charge >= 0.3 is 5.97 Å². The van der Waals surface area contributed by atoms with E-state index in [0.717, 1.165) is 0 Å². The zero-order valence-corrected chi connectivity index (χ0v) is 7.65. The van der Waals surface area contributed by atoms with E-state index in [9.17, 15) is 4.79 Å². The lowest BCUT2D eigenvalue weighted by atomic mass is 10.4. The van der Waals surface area contributed by atoms with Crippen LogP contribution in [-0.2, 0) is 4.74 Å². The highest BCUT2D eigenvalue weighted by Crippen LogP contribution is 2.11. The van der Waals surface area contributed by atoms with Crippen LogP contribution in [0.5, 0.6) is 5.88 Å².